The molecule has 0 bridgehead atoms. The molecule has 114 valence electrons. The molecule has 1 saturated heterocycles. The summed E-state index contributed by atoms with van der Waals surface area (Å²) >= 11 is 1.59. The number of aromatic nitrogens is 2. The Bertz CT molecular complexity index is 733. The predicted octanol–water partition coefficient (Wildman–Crippen LogP) is 0.248. The number of rotatable bonds is 3. The molecule has 2 aromatic heterocycles. The highest BCUT2D eigenvalue weighted by molar-refractivity contribution is 7.91. The highest BCUT2D eigenvalue weighted by Crippen LogP contribution is 2.12. The molecular formula is C12H17N5O2S2. The maximum atomic E-state index is 11.4. The number of imidazole rings is 1. The molecular weight excluding hydrogens is 310 g/mol. The van der Waals surface area contributed by atoms with Crippen molar-refractivity contribution in [1.82, 2.24) is 20.0 Å². The third kappa shape index (κ3) is 3.35. The van der Waals surface area contributed by atoms with E-state index in [1.807, 2.05) is 22.2 Å². The zero-order valence-electron chi connectivity index (χ0n) is 11.6. The number of thiazole rings is 1. The van der Waals surface area contributed by atoms with Gasteiger partial charge in [-0.15, -0.1) is 11.3 Å². The van der Waals surface area contributed by atoms with Crippen LogP contribution in [0.15, 0.2) is 22.8 Å². The van der Waals surface area contributed by atoms with Gasteiger partial charge in [0.05, 0.1) is 23.7 Å². The van der Waals surface area contributed by atoms with Crippen molar-refractivity contribution in [2.45, 2.75) is 19.0 Å². The Morgan fingerprint density at radius 2 is 2.48 bits per heavy atom. The van der Waals surface area contributed by atoms with Crippen molar-refractivity contribution in [3.05, 3.63) is 23.5 Å². The molecule has 1 aliphatic rings. The Hall–Kier alpha value is -1.61. The van der Waals surface area contributed by atoms with Crippen molar-refractivity contribution in [2.24, 2.45) is 4.99 Å². The lowest BCUT2D eigenvalue weighted by atomic mass is 10.3. The summed E-state index contributed by atoms with van der Waals surface area (Å²) in [7, 11) is -1.21. The third-order valence-electron chi connectivity index (χ3n) is 3.38. The quantitative estimate of drug-likeness (QED) is 0.623. The number of sulfone groups is 1. The minimum Gasteiger partial charge on any atom is -0.353 e. The number of aliphatic imine (C=N–C) groups is 1. The van der Waals surface area contributed by atoms with Gasteiger partial charge in [-0.1, -0.05) is 0 Å². The van der Waals surface area contributed by atoms with Gasteiger partial charge in [0.2, 0.25) is 0 Å². The monoisotopic (exact) mass is 327 g/mol. The molecule has 3 rings (SSSR count). The second-order valence-corrected chi connectivity index (χ2v) is 8.10. The Balaban J connectivity index is 1.56. The molecule has 2 N–H and O–H groups in total. The smallest absolute Gasteiger partial charge is 0.193 e. The number of fused-ring (bicyclic) bond motifs is 1. The van der Waals surface area contributed by atoms with Crippen molar-refractivity contribution >= 4 is 32.1 Å². The molecule has 0 radical (unpaired) electrons. The van der Waals surface area contributed by atoms with Crippen LogP contribution in [-0.4, -0.2) is 48.4 Å². The number of hydrogen-bond donors (Lipinski definition) is 2. The van der Waals surface area contributed by atoms with Gasteiger partial charge in [-0.05, 0) is 6.42 Å². The number of nitrogens with zero attached hydrogens (tertiary/aromatic N) is 3. The first-order valence-corrected chi connectivity index (χ1v) is 9.34. The highest BCUT2D eigenvalue weighted by atomic mass is 32.2. The van der Waals surface area contributed by atoms with Crippen LogP contribution >= 0.6 is 11.3 Å². The van der Waals surface area contributed by atoms with Gasteiger partial charge in [0.15, 0.2) is 20.8 Å². The van der Waals surface area contributed by atoms with Crippen LogP contribution in [0.4, 0.5) is 0 Å². The average Bonchev–Trinajstić information content (AvgIpc) is 3.08. The molecule has 2 aromatic rings. The van der Waals surface area contributed by atoms with Crippen LogP contribution in [-0.2, 0) is 16.4 Å². The zero-order valence-corrected chi connectivity index (χ0v) is 13.2. The van der Waals surface area contributed by atoms with E-state index in [2.05, 4.69) is 20.6 Å². The van der Waals surface area contributed by atoms with Crippen LogP contribution in [0.3, 0.4) is 0 Å². The van der Waals surface area contributed by atoms with Crippen LogP contribution in [0.5, 0.6) is 0 Å². The summed E-state index contributed by atoms with van der Waals surface area (Å²) in [5.74, 6) is 1.03. The summed E-state index contributed by atoms with van der Waals surface area (Å²) in [4.78, 5) is 9.55. The van der Waals surface area contributed by atoms with E-state index >= 15 is 0 Å². The Labute approximate surface area is 127 Å². The van der Waals surface area contributed by atoms with Crippen molar-refractivity contribution in [3.8, 4) is 0 Å². The second-order valence-electron chi connectivity index (χ2n) is 5.00. The van der Waals surface area contributed by atoms with Gasteiger partial charge in [0, 0.05) is 30.9 Å². The van der Waals surface area contributed by atoms with Gasteiger partial charge in [-0.2, -0.15) is 0 Å². The zero-order chi connectivity index (χ0) is 14.9. The Morgan fingerprint density at radius 3 is 3.14 bits per heavy atom. The van der Waals surface area contributed by atoms with Crippen LogP contribution in [0.2, 0.25) is 0 Å². The molecule has 0 aliphatic carbocycles. The van der Waals surface area contributed by atoms with Gasteiger partial charge in [-0.3, -0.25) is 9.39 Å². The summed E-state index contributed by atoms with van der Waals surface area (Å²) in [6.07, 6.45) is 4.56. The standard InChI is InChI=1S/C12H17N5O2S2/c1-13-11(15-9-2-5-21(18,19)8-9)14-6-10-7-17-3-4-20-12(17)16-10/h3-4,7,9H,2,5-6,8H2,1H3,(H2,13,14,15). The van der Waals surface area contributed by atoms with Gasteiger partial charge in [-0.25, -0.2) is 13.4 Å². The van der Waals surface area contributed by atoms with Gasteiger partial charge in [0.25, 0.3) is 0 Å². The molecule has 3 heterocycles. The van der Waals surface area contributed by atoms with E-state index in [0.717, 1.165) is 10.7 Å². The fraction of sp³-hybridized carbons (Fsp3) is 0.500. The van der Waals surface area contributed by atoms with Crippen molar-refractivity contribution in [1.29, 1.82) is 0 Å². The van der Waals surface area contributed by atoms with Crippen molar-refractivity contribution in [2.75, 3.05) is 18.6 Å². The van der Waals surface area contributed by atoms with Crippen LogP contribution in [0.25, 0.3) is 4.96 Å². The van der Waals surface area contributed by atoms with E-state index < -0.39 is 9.84 Å². The number of nitrogens with one attached hydrogen (secondary N) is 2. The SMILES string of the molecule is CN=C(NCc1cn2ccsc2n1)NC1CCS(=O)(=O)C1. The maximum absolute atomic E-state index is 11.4. The molecule has 0 amide bonds. The normalized spacial score (nSPS) is 21.8. The molecule has 1 aliphatic heterocycles. The number of guanidine groups is 1. The first-order chi connectivity index (χ1) is 10.1. The average molecular weight is 327 g/mol. The summed E-state index contributed by atoms with van der Waals surface area (Å²) in [6, 6.07) is -0.0632. The largest absolute Gasteiger partial charge is 0.353 e. The minimum atomic E-state index is -2.89. The number of hydrogen-bond acceptors (Lipinski definition) is 5. The minimum absolute atomic E-state index is 0.0632. The van der Waals surface area contributed by atoms with E-state index in [0.29, 0.717) is 18.9 Å². The molecule has 1 unspecified atom stereocenters. The van der Waals surface area contributed by atoms with E-state index in [4.69, 9.17) is 0 Å². The van der Waals surface area contributed by atoms with E-state index in [-0.39, 0.29) is 17.5 Å². The third-order valence-corrected chi connectivity index (χ3v) is 5.92. The molecule has 9 heteroatoms. The maximum Gasteiger partial charge on any atom is 0.193 e. The lowest BCUT2D eigenvalue weighted by molar-refractivity contribution is 0.599. The summed E-state index contributed by atoms with van der Waals surface area (Å²) in [5, 5.41) is 8.30. The van der Waals surface area contributed by atoms with Crippen LogP contribution < -0.4 is 10.6 Å². The highest BCUT2D eigenvalue weighted by Gasteiger charge is 2.28. The molecule has 7 nitrogen and oxygen atoms in total. The lowest BCUT2D eigenvalue weighted by Gasteiger charge is -2.15. The topological polar surface area (TPSA) is 87.9 Å². The Morgan fingerprint density at radius 1 is 1.62 bits per heavy atom. The Kier molecular flexibility index (Phi) is 3.85. The summed E-state index contributed by atoms with van der Waals surface area (Å²) in [6.45, 7) is 0.549. The van der Waals surface area contributed by atoms with E-state index in [1.165, 1.54) is 0 Å². The van der Waals surface area contributed by atoms with E-state index in [1.54, 1.807) is 18.4 Å². The summed E-state index contributed by atoms with van der Waals surface area (Å²) in [5.41, 5.74) is 0.920. The van der Waals surface area contributed by atoms with E-state index in [9.17, 15) is 8.42 Å². The molecule has 1 atom stereocenters. The van der Waals surface area contributed by atoms with Crippen molar-refractivity contribution < 1.29 is 8.42 Å². The van der Waals surface area contributed by atoms with Gasteiger partial charge in [0.1, 0.15) is 0 Å². The second kappa shape index (κ2) is 5.64. The molecule has 1 fully saturated rings. The first-order valence-electron chi connectivity index (χ1n) is 6.64. The lowest BCUT2D eigenvalue weighted by Crippen LogP contribution is -2.43. The fourth-order valence-corrected chi connectivity index (χ4v) is 4.72. The predicted molar refractivity (Wildman–Crippen MR) is 83.5 cm³/mol. The van der Waals surface area contributed by atoms with Gasteiger partial charge < -0.3 is 10.6 Å². The first kappa shape index (κ1) is 14.3. The van der Waals surface area contributed by atoms with Crippen molar-refractivity contribution in [3.63, 3.8) is 0 Å². The molecule has 0 saturated carbocycles. The molecule has 0 aromatic carbocycles. The summed E-state index contributed by atoms with van der Waals surface area (Å²) < 4.78 is 24.9. The van der Waals surface area contributed by atoms with Crippen LogP contribution in [0, 0.1) is 0 Å². The molecule has 0 spiro atoms. The fourth-order valence-electron chi connectivity index (χ4n) is 2.33. The van der Waals surface area contributed by atoms with Crippen LogP contribution in [0.1, 0.15) is 12.1 Å². The molecule has 21 heavy (non-hydrogen) atoms. The van der Waals surface area contributed by atoms with Gasteiger partial charge >= 0.3 is 0 Å².